The summed E-state index contributed by atoms with van der Waals surface area (Å²) in [5, 5.41) is 10.1. The van der Waals surface area contributed by atoms with Crippen molar-refractivity contribution in [1.82, 2.24) is 14.5 Å². The molecule has 7 heteroatoms. The first-order chi connectivity index (χ1) is 16.0. The Kier molecular flexibility index (Phi) is 5.31. The van der Waals surface area contributed by atoms with E-state index in [1.165, 1.54) is 24.2 Å². The summed E-state index contributed by atoms with van der Waals surface area (Å²) in [4.78, 5) is 21.4. The second-order valence-electron chi connectivity index (χ2n) is 10.3. The number of piperidine rings is 2. The monoisotopic (exact) mass is 465 g/mol. The van der Waals surface area contributed by atoms with E-state index in [9.17, 15) is 9.90 Å². The number of fused-ring (bicyclic) bond motifs is 1. The van der Waals surface area contributed by atoms with Crippen LogP contribution in [0.25, 0.3) is 15.9 Å². The van der Waals surface area contributed by atoms with Crippen LogP contribution < -0.4 is 10.3 Å². The fourth-order valence-electron chi connectivity index (χ4n) is 5.84. The van der Waals surface area contributed by atoms with Crippen molar-refractivity contribution in [3.63, 3.8) is 0 Å². The lowest BCUT2D eigenvalue weighted by atomic mass is 9.69. The van der Waals surface area contributed by atoms with E-state index in [4.69, 9.17) is 4.74 Å². The maximum absolute atomic E-state index is 13.2. The third kappa shape index (κ3) is 3.80. The van der Waals surface area contributed by atoms with Crippen LogP contribution in [0.4, 0.5) is 0 Å². The smallest absolute Gasteiger partial charge is 0.275 e. The molecule has 0 amide bonds. The SMILES string of the molecule is CC(C)C(O)CCc1cc2ncn(-c3ccc(OC4CC5CC6CC(C4)N56)cc3)c(=O)c2s1. The van der Waals surface area contributed by atoms with E-state index in [0.717, 1.165) is 59.2 Å². The number of aromatic nitrogens is 2. The molecule has 174 valence electrons. The van der Waals surface area contributed by atoms with Crippen LogP contribution in [0.3, 0.4) is 0 Å². The summed E-state index contributed by atoms with van der Waals surface area (Å²) >= 11 is 1.49. The van der Waals surface area contributed by atoms with Crippen LogP contribution in [0.1, 0.15) is 50.8 Å². The van der Waals surface area contributed by atoms with Gasteiger partial charge in [0.15, 0.2) is 0 Å². The molecule has 6 rings (SSSR count). The third-order valence-electron chi connectivity index (χ3n) is 7.79. The summed E-state index contributed by atoms with van der Waals surface area (Å²) < 4.78 is 8.59. The number of hydrogen-bond acceptors (Lipinski definition) is 6. The molecule has 3 unspecified atom stereocenters. The highest BCUT2D eigenvalue weighted by Crippen LogP contribution is 2.49. The Balaban J connectivity index is 1.16. The van der Waals surface area contributed by atoms with Gasteiger partial charge < -0.3 is 9.84 Å². The number of aliphatic hydroxyl groups is 1. The minimum absolute atomic E-state index is 0.0498. The fourth-order valence-corrected chi connectivity index (χ4v) is 6.89. The molecule has 3 aromatic rings. The zero-order valence-electron chi connectivity index (χ0n) is 19.2. The molecule has 3 saturated heterocycles. The largest absolute Gasteiger partial charge is 0.490 e. The molecule has 0 spiro atoms. The highest BCUT2D eigenvalue weighted by atomic mass is 32.1. The van der Waals surface area contributed by atoms with Crippen molar-refractivity contribution >= 4 is 21.6 Å². The summed E-state index contributed by atoms with van der Waals surface area (Å²) in [5.41, 5.74) is 1.48. The van der Waals surface area contributed by atoms with Crippen LogP contribution in [0.15, 0.2) is 41.5 Å². The quantitative estimate of drug-likeness (QED) is 0.568. The van der Waals surface area contributed by atoms with Crippen LogP contribution in [-0.4, -0.2) is 49.9 Å². The van der Waals surface area contributed by atoms with E-state index < -0.39 is 0 Å². The van der Waals surface area contributed by atoms with E-state index in [1.54, 1.807) is 10.9 Å². The van der Waals surface area contributed by atoms with E-state index >= 15 is 0 Å². The van der Waals surface area contributed by atoms with Crippen LogP contribution in [-0.2, 0) is 6.42 Å². The highest BCUT2D eigenvalue weighted by Gasteiger charge is 2.55. The average Bonchev–Trinajstić information content (AvgIpc) is 3.19. The summed E-state index contributed by atoms with van der Waals surface area (Å²) in [6.07, 6.45) is 7.98. The summed E-state index contributed by atoms with van der Waals surface area (Å²) in [6, 6.07) is 12.1. The summed E-state index contributed by atoms with van der Waals surface area (Å²) in [6.45, 7) is 4.04. The van der Waals surface area contributed by atoms with Gasteiger partial charge in [0.05, 0.1) is 17.3 Å². The molecule has 0 aliphatic carbocycles. The summed E-state index contributed by atoms with van der Waals surface area (Å²) in [7, 11) is 0. The average molecular weight is 466 g/mol. The normalized spacial score (nSPS) is 27.2. The first kappa shape index (κ1) is 21.3. The van der Waals surface area contributed by atoms with E-state index in [-0.39, 0.29) is 17.6 Å². The number of hydrogen-bond donors (Lipinski definition) is 1. The number of ether oxygens (including phenoxy) is 1. The number of benzene rings is 1. The Labute approximate surface area is 197 Å². The zero-order valence-corrected chi connectivity index (χ0v) is 20.0. The molecule has 1 aromatic carbocycles. The Bertz CT molecular complexity index is 1200. The zero-order chi connectivity index (χ0) is 22.7. The van der Waals surface area contributed by atoms with Crippen LogP contribution in [0.2, 0.25) is 0 Å². The minimum atomic E-state index is -0.326. The van der Waals surface area contributed by atoms with Crippen molar-refractivity contribution in [2.75, 3.05) is 0 Å². The van der Waals surface area contributed by atoms with E-state index in [0.29, 0.717) is 17.2 Å². The van der Waals surface area contributed by atoms with Gasteiger partial charge in [-0.1, -0.05) is 13.8 Å². The molecule has 3 atom stereocenters. The Morgan fingerprint density at radius 1 is 1.12 bits per heavy atom. The van der Waals surface area contributed by atoms with Crippen LogP contribution >= 0.6 is 11.3 Å². The molecule has 0 radical (unpaired) electrons. The molecule has 1 N–H and O–H groups in total. The van der Waals surface area contributed by atoms with Gasteiger partial charge in [0.1, 0.15) is 22.9 Å². The van der Waals surface area contributed by atoms with Crippen LogP contribution in [0, 0.1) is 5.92 Å². The maximum atomic E-state index is 13.2. The number of nitrogens with zero attached hydrogens (tertiary/aromatic N) is 3. The second kappa shape index (κ2) is 8.22. The maximum Gasteiger partial charge on any atom is 0.275 e. The van der Waals surface area contributed by atoms with Gasteiger partial charge in [-0.25, -0.2) is 4.98 Å². The predicted molar refractivity (Wildman–Crippen MR) is 130 cm³/mol. The third-order valence-corrected chi connectivity index (χ3v) is 8.96. The molecule has 0 saturated carbocycles. The lowest BCUT2D eigenvalue weighted by molar-refractivity contribution is -0.166. The van der Waals surface area contributed by atoms with Crippen LogP contribution in [0.5, 0.6) is 5.75 Å². The van der Waals surface area contributed by atoms with Gasteiger partial charge >= 0.3 is 0 Å². The van der Waals surface area contributed by atoms with Crippen molar-refractivity contribution in [3.8, 4) is 11.4 Å². The first-order valence-electron chi connectivity index (χ1n) is 12.2. The van der Waals surface area contributed by atoms with Gasteiger partial charge in [0.25, 0.3) is 5.56 Å². The predicted octanol–water partition coefficient (Wildman–Crippen LogP) is 4.15. The van der Waals surface area contributed by atoms with E-state index in [2.05, 4.69) is 9.88 Å². The van der Waals surface area contributed by atoms with Gasteiger partial charge in [-0.3, -0.25) is 14.3 Å². The minimum Gasteiger partial charge on any atom is -0.490 e. The van der Waals surface area contributed by atoms with Crippen molar-refractivity contribution < 1.29 is 9.84 Å². The molecular formula is C26H31N3O3S. The number of thiophene rings is 1. The van der Waals surface area contributed by atoms with Gasteiger partial charge in [-0.15, -0.1) is 11.3 Å². The molecule has 33 heavy (non-hydrogen) atoms. The molecule has 6 nitrogen and oxygen atoms in total. The van der Waals surface area contributed by atoms with Gasteiger partial charge in [0.2, 0.25) is 0 Å². The van der Waals surface area contributed by atoms with E-state index in [1.807, 2.05) is 44.2 Å². The topological polar surface area (TPSA) is 67.6 Å². The number of aliphatic hydroxyl groups excluding tert-OH is 1. The number of aryl methyl sites for hydroxylation is 1. The molecule has 3 aliphatic heterocycles. The second-order valence-corrected chi connectivity index (χ2v) is 11.4. The Morgan fingerprint density at radius 3 is 2.48 bits per heavy atom. The first-order valence-corrected chi connectivity index (χ1v) is 13.0. The molecule has 0 bridgehead atoms. The van der Waals surface area contributed by atoms with Crippen molar-refractivity contribution in [2.45, 2.75) is 82.7 Å². The lowest BCUT2D eigenvalue weighted by Gasteiger charge is -2.65. The lowest BCUT2D eigenvalue weighted by Crippen LogP contribution is -2.73. The summed E-state index contributed by atoms with van der Waals surface area (Å²) in [5.74, 6) is 1.11. The molecule has 3 aliphatic rings. The van der Waals surface area contributed by atoms with Gasteiger partial charge in [0, 0.05) is 23.0 Å². The Hall–Kier alpha value is -2.22. The van der Waals surface area contributed by atoms with Crippen molar-refractivity contribution in [1.29, 1.82) is 0 Å². The molecule has 3 fully saturated rings. The Morgan fingerprint density at radius 2 is 1.82 bits per heavy atom. The number of rotatable bonds is 7. The van der Waals surface area contributed by atoms with Crippen molar-refractivity contribution in [2.24, 2.45) is 5.92 Å². The fraction of sp³-hybridized carbons (Fsp3) is 0.538. The standard InChI is InChI=1S/C26H31N3O3S/c1-15(2)24(30)8-7-22-13-23-25(33-22)26(31)28(14-27-23)16-3-5-20(6-4-16)32-21-11-18-9-17-10-19(12-21)29(17)18/h3-6,13-15,17-19,21,24,30H,7-12H2,1-2H3. The van der Waals surface area contributed by atoms with Crippen molar-refractivity contribution in [3.05, 3.63) is 51.9 Å². The van der Waals surface area contributed by atoms with Gasteiger partial charge in [-0.2, -0.15) is 0 Å². The van der Waals surface area contributed by atoms with Gasteiger partial charge in [-0.05, 0) is 74.8 Å². The highest BCUT2D eigenvalue weighted by molar-refractivity contribution is 7.18. The molecular weight excluding hydrogens is 434 g/mol. The molecule has 2 aromatic heterocycles. The molecule has 5 heterocycles.